The van der Waals surface area contributed by atoms with Crippen molar-refractivity contribution in [3.8, 4) is 17.2 Å². The van der Waals surface area contributed by atoms with Crippen molar-refractivity contribution in [3.05, 3.63) is 54.6 Å². The summed E-state index contributed by atoms with van der Waals surface area (Å²) in [6.07, 6.45) is -3.51. The van der Waals surface area contributed by atoms with Crippen LogP contribution in [0.25, 0.3) is 0 Å². The highest BCUT2D eigenvalue weighted by molar-refractivity contribution is 5.35. The summed E-state index contributed by atoms with van der Waals surface area (Å²) in [7, 11) is 0. The maximum atomic E-state index is 10.9. The van der Waals surface area contributed by atoms with E-state index < -0.39 is 24.4 Å². The highest BCUT2D eigenvalue weighted by Crippen LogP contribution is 2.28. The van der Waals surface area contributed by atoms with Gasteiger partial charge in [-0.05, 0) is 43.3 Å². The van der Waals surface area contributed by atoms with Crippen LogP contribution in [0.3, 0.4) is 0 Å². The molecule has 2 aromatic carbocycles. The summed E-state index contributed by atoms with van der Waals surface area (Å²) < 4.78 is 16.8. The van der Waals surface area contributed by atoms with Crippen molar-refractivity contribution in [1.29, 1.82) is 0 Å². The van der Waals surface area contributed by atoms with Crippen molar-refractivity contribution < 1.29 is 29.5 Å². The lowest BCUT2D eigenvalue weighted by molar-refractivity contribution is -0.209. The van der Waals surface area contributed by atoms with Gasteiger partial charge >= 0.3 is 0 Å². The van der Waals surface area contributed by atoms with Gasteiger partial charge in [-0.1, -0.05) is 18.2 Å². The minimum absolute atomic E-state index is 0.122. The van der Waals surface area contributed by atoms with E-state index in [0.717, 1.165) is 0 Å². The topological polar surface area (TPSA) is 112 Å². The van der Waals surface area contributed by atoms with Gasteiger partial charge in [0, 0.05) is 13.0 Å². The predicted molar refractivity (Wildman–Crippen MR) is 102 cm³/mol. The first-order chi connectivity index (χ1) is 13.5. The molecule has 0 bridgehead atoms. The number of hydrogen-bond donors (Lipinski definition) is 5. The molecule has 152 valence electrons. The fourth-order valence-electron chi connectivity index (χ4n) is 2.98. The smallest absolute Gasteiger partial charge is 0.180 e. The minimum Gasteiger partial charge on any atom is -0.482 e. The van der Waals surface area contributed by atoms with E-state index in [1.54, 1.807) is 24.3 Å². The molecule has 0 radical (unpaired) electrons. The normalized spacial score (nSPS) is 27.4. The first kappa shape index (κ1) is 20.5. The van der Waals surface area contributed by atoms with Crippen molar-refractivity contribution >= 4 is 0 Å². The third-order valence-electron chi connectivity index (χ3n) is 4.37. The number of nitrogens with one attached hydrogen (secondary N) is 2. The lowest BCUT2D eigenvalue weighted by Crippen LogP contribution is -2.74. The molecule has 0 aliphatic carbocycles. The van der Waals surface area contributed by atoms with Gasteiger partial charge in [-0.25, -0.2) is 5.32 Å². The summed E-state index contributed by atoms with van der Waals surface area (Å²) in [6.45, 7) is 2.58. The Morgan fingerprint density at radius 3 is 2.29 bits per heavy atom. The third kappa shape index (κ3) is 5.20. The second-order valence-electron chi connectivity index (χ2n) is 6.45. The average Bonchev–Trinajstić information content (AvgIpc) is 2.67. The molecule has 3 rings (SSSR count). The highest BCUT2D eigenvalue weighted by Gasteiger charge is 2.48. The Morgan fingerprint density at radius 1 is 0.964 bits per heavy atom. The van der Waals surface area contributed by atoms with Gasteiger partial charge in [0.1, 0.15) is 23.5 Å². The third-order valence-corrected chi connectivity index (χ3v) is 4.37. The van der Waals surface area contributed by atoms with E-state index in [0.29, 0.717) is 23.9 Å². The molecule has 1 aliphatic heterocycles. The molecule has 1 aliphatic rings. The molecule has 2 aromatic rings. The number of aliphatic hydroxyl groups excluding tert-OH is 2. The highest BCUT2D eigenvalue weighted by atomic mass is 16.5. The fourth-order valence-corrected chi connectivity index (χ4v) is 2.98. The molecule has 8 nitrogen and oxygen atoms in total. The van der Waals surface area contributed by atoms with Gasteiger partial charge in [0.25, 0.3) is 0 Å². The number of aliphatic hydroxyl groups is 3. The maximum Gasteiger partial charge on any atom is 0.180 e. The van der Waals surface area contributed by atoms with Crippen molar-refractivity contribution in [3.63, 3.8) is 0 Å². The van der Waals surface area contributed by atoms with Crippen LogP contribution < -0.4 is 20.1 Å². The molecule has 1 fully saturated rings. The van der Waals surface area contributed by atoms with Gasteiger partial charge in [0.05, 0.1) is 6.61 Å². The van der Waals surface area contributed by atoms with Crippen LogP contribution >= 0.6 is 0 Å². The molecule has 8 heteroatoms. The van der Waals surface area contributed by atoms with Gasteiger partial charge < -0.3 is 29.5 Å². The Kier molecular flexibility index (Phi) is 6.84. The number of para-hydroxylation sites is 1. The van der Waals surface area contributed by atoms with E-state index in [2.05, 4.69) is 10.6 Å². The van der Waals surface area contributed by atoms with Crippen LogP contribution in [0, 0.1) is 0 Å². The molecular weight excluding hydrogens is 364 g/mol. The Labute approximate surface area is 163 Å². The predicted octanol–water partition coefficient (Wildman–Crippen LogP) is 1.13. The number of rotatable bonds is 8. The van der Waals surface area contributed by atoms with Crippen LogP contribution in [0.2, 0.25) is 0 Å². The van der Waals surface area contributed by atoms with Crippen molar-refractivity contribution in [2.24, 2.45) is 0 Å². The van der Waals surface area contributed by atoms with Crippen LogP contribution in [0.5, 0.6) is 17.2 Å². The molecule has 0 amide bonds. The molecule has 1 heterocycles. The second kappa shape index (κ2) is 9.33. The number of benzene rings is 2. The zero-order chi connectivity index (χ0) is 20.0. The van der Waals surface area contributed by atoms with Crippen molar-refractivity contribution in [2.45, 2.75) is 37.8 Å². The number of ether oxygens (including phenoxy) is 3. The quantitative estimate of drug-likeness (QED) is 0.427. The lowest BCUT2D eigenvalue weighted by atomic mass is 9.99. The monoisotopic (exact) mass is 390 g/mol. The lowest BCUT2D eigenvalue weighted by Gasteiger charge is -2.45. The standard InChI is InChI=1S/C20H26N2O6/c1-2-26-13-12-20(25)17(18(23)21-19(24)22-20)28-16-10-8-15(9-11-16)27-14-6-4-3-5-7-14/h3-11,17-19,21-25H,2,12-13H2,1H3. The maximum absolute atomic E-state index is 10.9. The minimum atomic E-state index is -1.68. The largest absolute Gasteiger partial charge is 0.482 e. The van der Waals surface area contributed by atoms with Crippen LogP contribution in [0.1, 0.15) is 13.3 Å². The molecular formula is C20H26N2O6. The average molecular weight is 390 g/mol. The van der Waals surface area contributed by atoms with E-state index in [9.17, 15) is 15.3 Å². The van der Waals surface area contributed by atoms with Crippen molar-refractivity contribution in [2.75, 3.05) is 13.2 Å². The molecule has 0 saturated carbocycles. The Hall–Kier alpha value is -2.20. The first-order valence-electron chi connectivity index (χ1n) is 9.20. The Bertz CT molecular complexity index is 729. The summed E-state index contributed by atoms with van der Waals surface area (Å²) in [6, 6.07) is 16.2. The van der Waals surface area contributed by atoms with E-state index in [1.807, 2.05) is 37.3 Å². The van der Waals surface area contributed by atoms with Gasteiger partial charge in [-0.15, -0.1) is 0 Å². The molecule has 0 aromatic heterocycles. The molecule has 4 unspecified atom stereocenters. The van der Waals surface area contributed by atoms with Gasteiger partial charge in [-0.3, -0.25) is 5.32 Å². The van der Waals surface area contributed by atoms with E-state index in [4.69, 9.17) is 14.2 Å². The van der Waals surface area contributed by atoms with Crippen LogP contribution in [0.15, 0.2) is 54.6 Å². The van der Waals surface area contributed by atoms with Crippen LogP contribution in [-0.4, -0.2) is 52.9 Å². The summed E-state index contributed by atoms with van der Waals surface area (Å²) in [5.41, 5.74) is -1.68. The summed E-state index contributed by atoms with van der Waals surface area (Å²) >= 11 is 0. The number of hydrogen-bond acceptors (Lipinski definition) is 8. The van der Waals surface area contributed by atoms with E-state index >= 15 is 0 Å². The molecule has 0 spiro atoms. The molecule has 4 atom stereocenters. The van der Waals surface area contributed by atoms with E-state index in [-0.39, 0.29) is 13.0 Å². The second-order valence-corrected chi connectivity index (χ2v) is 6.45. The van der Waals surface area contributed by atoms with Gasteiger partial charge in [0.2, 0.25) is 0 Å². The first-order valence-corrected chi connectivity index (χ1v) is 9.20. The molecule has 1 saturated heterocycles. The summed E-state index contributed by atoms with van der Waals surface area (Å²) in [4.78, 5) is 0. The SMILES string of the molecule is CCOCCC1(O)NC(O)NC(O)C1Oc1ccc(Oc2ccccc2)cc1. The molecule has 28 heavy (non-hydrogen) atoms. The van der Waals surface area contributed by atoms with Crippen molar-refractivity contribution in [1.82, 2.24) is 10.6 Å². The Balaban J connectivity index is 1.68. The van der Waals surface area contributed by atoms with Crippen LogP contribution in [-0.2, 0) is 4.74 Å². The fraction of sp³-hybridized carbons (Fsp3) is 0.400. The van der Waals surface area contributed by atoms with Gasteiger partial charge in [0.15, 0.2) is 18.2 Å². The van der Waals surface area contributed by atoms with Gasteiger partial charge in [-0.2, -0.15) is 0 Å². The summed E-state index contributed by atoms with van der Waals surface area (Å²) in [5.74, 6) is 1.77. The zero-order valence-corrected chi connectivity index (χ0v) is 15.6. The zero-order valence-electron chi connectivity index (χ0n) is 15.6. The van der Waals surface area contributed by atoms with Crippen LogP contribution in [0.4, 0.5) is 0 Å². The molecule has 5 N–H and O–H groups in total. The Morgan fingerprint density at radius 2 is 1.61 bits per heavy atom. The van der Waals surface area contributed by atoms with E-state index in [1.165, 1.54) is 0 Å². The summed E-state index contributed by atoms with van der Waals surface area (Å²) in [5, 5.41) is 36.1.